The molecule has 0 saturated heterocycles. The van der Waals surface area contributed by atoms with Gasteiger partial charge in [0, 0.05) is 18.3 Å². The van der Waals surface area contributed by atoms with E-state index in [9.17, 15) is 0 Å². The molecule has 0 amide bonds. The summed E-state index contributed by atoms with van der Waals surface area (Å²) in [5.74, 6) is 2.65. The number of methoxy groups -OCH3 is 3. The van der Waals surface area contributed by atoms with Crippen LogP contribution in [-0.4, -0.2) is 51.0 Å². The Morgan fingerprint density at radius 2 is 1.78 bits per heavy atom. The van der Waals surface area contributed by atoms with Gasteiger partial charge in [0.15, 0.2) is 23.0 Å². The monoisotopic (exact) mass is 367 g/mol. The van der Waals surface area contributed by atoms with Crippen LogP contribution in [0.15, 0.2) is 37.1 Å². The Labute approximate surface area is 154 Å². The fourth-order valence-corrected chi connectivity index (χ4v) is 2.66. The number of fused-ring (bicyclic) bond motifs is 1. The lowest BCUT2D eigenvalue weighted by molar-refractivity contribution is 0.324. The lowest BCUT2D eigenvalue weighted by Crippen LogP contribution is -1.99. The van der Waals surface area contributed by atoms with Crippen LogP contribution in [0.3, 0.4) is 0 Å². The predicted octanol–water partition coefficient (Wildman–Crippen LogP) is 2.31. The summed E-state index contributed by atoms with van der Waals surface area (Å²) >= 11 is 0. The molecule has 1 aromatic carbocycles. The van der Waals surface area contributed by atoms with E-state index in [4.69, 9.17) is 14.2 Å². The SMILES string of the molecule is COc1cc(-n2cnc(Nc3ncc4cn[nH]c4n3)c2)cc(OC)c1OC. The van der Waals surface area contributed by atoms with E-state index in [1.807, 2.05) is 16.7 Å². The van der Waals surface area contributed by atoms with Gasteiger partial charge in [0.1, 0.15) is 6.33 Å². The third-order valence-electron chi connectivity index (χ3n) is 3.96. The van der Waals surface area contributed by atoms with E-state index in [0.29, 0.717) is 34.7 Å². The Balaban J connectivity index is 1.63. The van der Waals surface area contributed by atoms with Gasteiger partial charge >= 0.3 is 0 Å². The van der Waals surface area contributed by atoms with Gasteiger partial charge < -0.3 is 24.1 Å². The zero-order valence-corrected chi connectivity index (χ0v) is 14.9. The molecule has 3 aromatic heterocycles. The Morgan fingerprint density at radius 1 is 1.00 bits per heavy atom. The van der Waals surface area contributed by atoms with Crippen molar-refractivity contribution in [3.05, 3.63) is 37.1 Å². The third kappa shape index (κ3) is 3.08. The maximum absolute atomic E-state index is 5.39. The number of hydrogen-bond acceptors (Lipinski definition) is 8. The Bertz CT molecular complexity index is 1060. The Morgan fingerprint density at radius 3 is 2.48 bits per heavy atom. The van der Waals surface area contributed by atoms with Crippen LogP contribution in [-0.2, 0) is 0 Å². The molecule has 0 aliphatic rings. The lowest BCUT2D eigenvalue weighted by Gasteiger charge is -2.14. The van der Waals surface area contributed by atoms with Crippen LogP contribution >= 0.6 is 0 Å². The number of anilines is 2. The largest absolute Gasteiger partial charge is 0.493 e. The normalized spacial score (nSPS) is 10.8. The summed E-state index contributed by atoms with van der Waals surface area (Å²) in [7, 11) is 4.71. The summed E-state index contributed by atoms with van der Waals surface area (Å²) < 4.78 is 18.0. The van der Waals surface area contributed by atoms with Crippen molar-refractivity contribution in [3.8, 4) is 22.9 Å². The van der Waals surface area contributed by atoms with Crippen molar-refractivity contribution in [1.29, 1.82) is 0 Å². The van der Waals surface area contributed by atoms with Crippen LogP contribution in [0.5, 0.6) is 17.2 Å². The predicted molar refractivity (Wildman–Crippen MR) is 98.2 cm³/mol. The van der Waals surface area contributed by atoms with Gasteiger partial charge in [-0.2, -0.15) is 10.1 Å². The van der Waals surface area contributed by atoms with E-state index in [1.54, 1.807) is 46.2 Å². The molecule has 0 aliphatic carbocycles. The summed E-state index contributed by atoms with van der Waals surface area (Å²) in [4.78, 5) is 12.9. The standard InChI is InChI=1S/C17H17N7O3/c1-25-12-4-11(5-13(26-2)15(12)27-3)24-8-14(19-9-24)21-17-18-6-10-7-20-23-16(10)22-17/h4-9H,1-3H3,(H2,18,20,21,22,23). The number of imidazole rings is 1. The number of rotatable bonds is 6. The van der Waals surface area contributed by atoms with E-state index in [1.165, 1.54) is 0 Å². The number of benzene rings is 1. The summed E-state index contributed by atoms with van der Waals surface area (Å²) in [6.07, 6.45) is 6.82. The number of nitrogens with one attached hydrogen (secondary N) is 2. The number of aromatic nitrogens is 6. The van der Waals surface area contributed by atoms with Crippen molar-refractivity contribution in [2.24, 2.45) is 0 Å². The molecule has 27 heavy (non-hydrogen) atoms. The molecule has 10 heteroatoms. The highest BCUT2D eigenvalue weighted by atomic mass is 16.5. The minimum absolute atomic E-state index is 0.418. The number of ether oxygens (including phenoxy) is 3. The maximum atomic E-state index is 5.39. The molecular formula is C17H17N7O3. The van der Waals surface area contributed by atoms with Crippen LogP contribution in [0.2, 0.25) is 0 Å². The molecule has 0 fully saturated rings. The fraction of sp³-hybridized carbons (Fsp3) is 0.176. The molecule has 4 aromatic rings. The van der Waals surface area contributed by atoms with Gasteiger partial charge in [0.25, 0.3) is 0 Å². The first-order valence-electron chi connectivity index (χ1n) is 7.99. The minimum atomic E-state index is 0.418. The van der Waals surface area contributed by atoms with E-state index >= 15 is 0 Å². The second-order valence-electron chi connectivity index (χ2n) is 5.54. The van der Waals surface area contributed by atoms with E-state index < -0.39 is 0 Å². The first kappa shape index (κ1) is 16.6. The molecule has 3 heterocycles. The quantitative estimate of drug-likeness (QED) is 0.534. The van der Waals surface area contributed by atoms with Gasteiger partial charge in [-0.25, -0.2) is 9.97 Å². The van der Waals surface area contributed by atoms with Crippen molar-refractivity contribution >= 4 is 22.8 Å². The molecule has 0 bridgehead atoms. The van der Waals surface area contributed by atoms with Gasteiger partial charge in [-0.15, -0.1) is 0 Å². The van der Waals surface area contributed by atoms with Crippen LogP contribution in [0.25, 0.3) is 16.7 Å². The topological polar surface area (TPSA) is 112 Å². The first-order chi connectivity index (χ1) is 13.2. The van der Waals surface area contributed by atoms with E-state index in [-0.39, 0.29) is 0 Å². The van der Waals surface area contributed by atoms with Crippen LogP contribution in [0.4, 0.5) is 11.8 Å². The molecule has 0 aliphatic heterocycles. The molecule has 10 nitrogen and oxygen atoms in total. The van der Waals surface area contributed by atoms with Crippen molar-refractivity contribution in [3.63, 3.8) is 0 Å². The average molecular weight is 367 g/mol. The highest BCUT2D eigenvalue weighted by Crippen LogP contribution is 2.39. The number of aromatic amines is 1. The Hall–Kier alpha value is -3.82. The first-order valence-corrected chi connectivity index (χ1v) is 7.99. The zero-order chi connectivity index (χ0) is 18.8. The molecule has 0 unspecified atom stereocenters. The fourth-order valence-electron chi connectivity index (χ4n) is 2.66. The van der Waals surface area contributed by atoms with Crippen LogP contribution < -0.4 is 19.5 Å². The summed E-state index contributed by atoms with van der Waals surface area (Å²) in [5, 5.41) is 10.6. The number of H-pyrrole nitrogens is 1. The van der Waals surface area contributed by atoms with Gasteiger partial charge in [-0.1, -0.05) is 0 Å². The highest BCUT2D eigenvalue weighted by Gasteiger charge is 2.14. The maximum Gasteiger partial charge on any atom is 0.230 e. The van der Waals surface area contributed by atoms with Crippen molar-refractivity contribution < 1.29 is 14.2 Å². The van der Waals surface area contributed by atoms with E-state index in [0.717, 1.165) is 11.1 Å². The molecule has 0 radical (unpaired) electrons. The van der Waals surface area contributed by atoms with Gasteiger partial charge in [-0.3, -0.25) is 5.10 Å². The molecule has 0 spiro atoms. The summed E-state index contributed by atoms with van der Waals surface area (Å²) in [6, 6.07) is 3.67. The molecular weight excluding hydrogens is 350 g/mol. The zero-order valence-electron chi connectivity index (χ0n) is 14.9. The smallest absolute Gasteiger partial charge is 0.230 e. The summed E-state index contributed by atoms with van der Waals surface area (Å²) in [6.45, 7) is 0. The minimum Gasteiger partial charge on any atom is -0.493 e. The second-order valence-corrected chi connectivity index (χ2v) is 5.54. The second kappa shape index (κ2) is 6.83. The molecule has 138 valence electrons. The highest BCUT2D eigenvalue weighted by molar-refractivity contribution is 5.74. The molecule has 2 N–H and O–H groups in total. The number of hydrogen-bond donors (Lipinski definition) is 2. The van der Waals surface area contributed by atoms with Gasteiger partial charge in [0.05, 0.1) is 44.8 Å². The summed E-state index contributed by atoms with van der Waals surface area (Å²) in [5.41, 5.74) is 1.45. The third-order valence-corrected chi connectivity index (χ3v) is 3.96. The van der Waals surface area contributed by atoms with Gasteiger partial charge in [0.2, 0.25) is 11.7 Å². The number of nitrogens with zero attached hydrogens (tertiary/aromatic N) is 5. The average Bonchev–Trinajstić information content (AvgIpc) is 3.35. The van der Waals surface area contributed by atoms with E-state index in [2.05, 4.69) is 30.5 Å². The van der Waals surface area contributed by atoms with Crippen molar-refractivity contribution in [2.45, 2.75) is 0 Å². The van der Waals surface area contributed by atoms with Crippen molar-refractivity contribution in [2.75, 3.05) is 26.6 Å². The van der Waals surface area contributed by atoms with Crippen LogP contribution in [0, 0.1) is 0 Å². The van der Waals surface area contributed by atoms with Gasteiger partial charge in [-0.05, 0) is 0 Å². The lowest BCUT2D eigenvalue weighted by atomic mass is 10.2. The van der Waals surface area contributed by atoms with Crippen molar-refractivity contribution in [1.82, 2.24) is 29.7 Å². The molecule has 0 atom stereocenters. The Kier molecular flexibility index (Phi) is 4.21. The molecule has 4 rings (SSSR count). The molecule has 0 saturated carbocycles. The van der Waals surface area contributed by atoms with Crippen LogP contribution in [0.1, 0.15) is 0 Å².